The highest BCUT2D eigenvalue weighted by Gasteiger charge is 2.24. The molecule has 2 rings (SSSR count). The van der Waals surface area contributed by atoms with Gasteiger partial charge in [-0.2, -0.15) is 0 Å². The normalized spacial score (nSPS) is 19.0. The predicted octanol–water partition coefficient (Wildman–Crippen LogP) is 2.58. The van der Waals surface area contributed by atoms with E-state index in [0.717, 1.165) is 36.8 Å². The molecule has 2 heterocycles. The van der Waals surface area contributed by atoms with Crippen LogP contribution < -0.4 is 10.6 Å². The monoisotopic (exact) mass is 349 g/mol. The summed E-state index contributed by atoms with van der Waals surface area (Å²) in [5.41, 5.74) is 2.22. The number of guanidine groups is 1. The lowest BCUT2D eigenvalue weighted by Gasteiger charge is -2.27. The third kappa shape index (κ3) is 5.46. The van der Waals surface area contributed by atoms with Crippen LogP contribution in [0.25, 0.3) is 0 Å². The molecule has 0 unspecified atom stereocenters. The highest BCUT2D eigenvalue weighted by Crippen LogP contribution is 2.18. The van der Waals surface area contributed by atoms with Gasteiger partial charge in [-0.25, -0.2) is 0 Å². The number of likely N-dealkylation sites (tertiary alicyclic amines) is 1. The maximum Gasteiger partial charge on any atom is 0.191 e. The summed E-state index contributed by atoms with van der Waals surface area (Å²) < 4.78 is 5.44. The topological polar surface area (TPSA) is 65.7 Å². The summed E-state index contributed by atoms with van der Waals surface area (Å²) >= 11 is 0. The molecule has 0 amide bonds. The van der Waals surface area contributed by atoms with E-state index in [2.05, 4.69) is 53.4 Å². The fourth-order valence-corrected chi connectivity index (χ4v) is 3.58. The number of nitrogens with zero attached hydrogens (tertiary/aromatic N) is 3. The standard InChI is InChI=1S/C19H35N5O/c1-6-17-16(18(7-2)25-23-17)12-22-19(20-5)21-11-15-9-8-10-24(15)13-14(3)4/h14-15H,6-13H2,1-5H3,(H2,20,21,22)/t15-/m1/s1. The Labute approximate surface area is 152 Å². The van der Waals surface area contributed by atoms with Crippen molar-refractivity contribution in [3.8, 4) is 0 Å². The zero-order chi connectivity index (χ0) is 18.2. The molecule has 1 saturated heterocycles. The van der Waals surface area contributed by atoms with Gasteiger partial charge in [-0.15, -0.1) is 0 Å². The quantitative estimate of drug-likeness (QED) is 0.558. The third-order valence-electron chi connectivity index (χ3n) is 4.87. The molecule has 1 aromatic rings. The molecule has 0 saturated carbocycles. The van der Waals surface area contributed by atoms with Gasteiger partial charge in [0.25, 0.3) is 0 Å². The van der Waals surface area contributed by atoms with E-state index in [9.17, 15) is 0 Å². The molecule has 1 aliphatic rings. The van der Waals surface area contributed by atoms with Crippen molar-refractivity contribution < 1.29 is 4.52 Å². The summed E-state index contributed by atoms with van der Waals surface area (Å²) in [6, 6.07) is 0.606. The molecule has 1 fully saturated rings. The Kier molecular flexibility index (Phi) is 7.75. The highest BCUT2D eigenvalue weighted by molar-refractivity contribution is 5.79. The molecule has 0 bridgehead atoms. The molecule has 0 aliphatic carbocycles. The van der Waals surface area contributed by atoms with E-state index in [0.29, 0.717) is 18.5 Å². The van der Waals surface area contributed by atoms with Crippen LogP contribution in [-0.2, 0) is 19.4 Å². The van der Waals surface area contributed by atoms with E-state index in [4.69, 9.17) is 4.52 Å². The lowest BCUT2D eigenvalue weighted by atomic mass is 10.1. The van der Waals surface area contributed by atoms with Gasteiger partial charge in [0.2, 0.25) is 0 Å². The number of hydrogen-bond donors (Lipinski definition) is 2. The molecule has 0 aromatic carbocycles. The maximum atomic E-state index is 5.44. The lowest BCUT2D eigenvalue weighted by Crippen LogP contribution is -2.45. The van der Waals surface area contributed by atoms with Crippen LogP contribution in [-0.4, -0.2) is 48.7 Å². The van der Waals surface area contributed by atoms with E-state index < -0.39 is 0 Å². The van der Waals surface area contributed by atoms with Crippen molar-refractivity contribution in [2.45, 2.75) is 66.0 Å². The minimum absolute atomic E-state index is 0.606. The molecule has 2 N–H and O–H groups in total. The van der Waals surface area contributed by atoms with Gasteiger partial charge in [0.15, 0.2) is 5.96 Å². The van der Waals surface area contributed by atoms with Gasteiger partial charge < -0.3 is 15.2 Å². The van der Waals surface area contributed by atoms with Crippen LogP contribution in [0.3, 0.4) is 0 Å². The second-order valence-electron chi connectivity index (χ2n) is 7.23. The van der Waals surface area contributed by atoms with Crippen molar-refractivity contribution in [3.63, 3.8) is 0 Å². The van der Waals surface area contributed by atoms with Crippen molar-refractivity contribution in [2.75, 3.05) is 26.7 Å². The van der Waals surface area contributed by atoms with Crippen LogP contribution in [0.2, 0.25) is 0 Å². The summed E-state index contributed by atoms with van der Waals surface area (Å²) in [7, 11) is 1.82. The Hall–Kier alpha value is -1.56. The number of nitrogens with one attached hydrogen (secondary N) is 2. The van der Waals surface area contributed by atoms with E-state index in [1.54, 1.807) is 0 Å². The van der Waals surface area contributed by atoms with Crippen LogP contribution in [0, 0.1) is 5.92 Å². The van der Waals surface area contributed by atoms with Gasteiger partial charge in [-0.05, 0) is 31.7 Å². The van der Waals surface area contributed by atoms with E-state index in [1.165, 1.54) is 31.5 Å². The van der Waals surface area contributed by atoms with Crippen molar-refractivity contribution >= 4 is 5.96 Å². The number of aryl methyl sites for hydroxylation is 2. The largest absolute Gasteiger partial charge is 0.361 e. The Balaban J connectivity index is 1.86. The number of aromatic nitrogens is 1. The molecule has 1 aromatic heterocycles. The molecule has 1 aliphatic heterocycles. The minimum Gasteiger partial charge on any atom is -0.361 e. The summed E-state index contributed by atoms with van der Waals surface area (Å²) in [4.78, 5) is 6.98. The van der Waals surface area contributed by atoms with Gasteiger partial charge in [0.05, 0.1) is 5.69 Å². The first kappa shape index (κ1) is 19.8. The average molecular weight is 350 g/mol. The molecule has 0 radical (unpaired) electrons. The van der Waals surface area contributed by atoms with Gasteiger partial charge in [-0.3, -0.25) is 9.89 Å². The van der Waals surface area contributed by atoms with E-state index in [-0.39, 0.29) is 0 Å². The van der Waals surface area contributed by atoms with Crippen molar-refractivity contribution in [3.05, 3.63) is 17.0 Å². The van der Waals surface area contributed by atoms with Gasteiger partial charge >= 0.3 is 0 Å². The molecule has 0 spiro atoms. The minimum atomic E-state index is 0.606. The zero-order valence-electron chi connectivity index (χ0n) is 16.6. The lowest BCUT2D eigenvalue weighted by molar-refractivity contribution is 0.226. The van der Waals surface area contributed by atoms with Crippen LogP contribution >= 0.6 is 0 Å². The van der Waals surface area contributed by atoms with Gasteiger partial charge in [0, 0.05) is 44.7 Å². The first-order valence-corrected chi connectivity index (χ1v) is 9.73. The fraction of sp³-hybridized carbons (Fsp3) is 0.789. The highest BCUT2D eigenvalue weighted by atomic mass is 16.5. The summed E-state index contributed by atoms with van der Waals surface area (Å²) in [5.74, 6) is 2.53. The second-order valence-corrected chi connectivity index (χ2v) is 7.23. The zero-order valence-corrected chi connectivity index (χ0v) is 16.6. The van der Waals surface area contributed by atoms with Crippen molar-refractivity contribution in [1.29, 1.82) is 0 Å². The predicted molar refractivity (Wildman–Crippen MR) is 103 cm³/mol. The van der Waals surface area contributed by atoms with Gasteiger partial charge in [-0.1, -0.05) is 32.9 Å². The maximum absolute atomic E-state index is 5.44. The smallest absolute Gasteiger partial charge is 0.191 e. The first-order chi connectivity index (χ1) is 12.1. The first-order valence-electron chi connectivity index (χ1n) is 9.73. The Morgan fingerprint density at radius 1 is 1.32 bits per heavy atom. The molecular formula is C19H35N5O. The molecule has 6 nitrogen and oxygen atoms in total. The average Bonchev–Trinajstić information content (AvgIpc) is 3.20. The second kappa shape index (κ2) is 9.80. The fourth-order valence-electron chi connectivity index (χ4n) is 3.58. The van der Waals surface area contributed by atoms with Crippen molar-refractivity contribution in [2.24, 2.45) is 10.9 Å². The number of hydrogen-bond acceptors (Lipinski definition) is 4. The molecule has 1 atom stereocenters. The van der Waals surface area contributed by atoms with Crippen LogP contribution in [0.1, 0.15) is 57.6 Å². The van der Waals surface area contributed by atoms with Crippen LogP contribution in [0.4, 0.5) is 0 Å². The van der Waals surface area contributed by atoms with E-state index >= 15 is 0 Å². The van der Waals surface area contributed by atoms with Crippen LogP contribution in [0.15, 0.2) is 9.52 Å². The van der Waals surface area contributed by atoms with Crippen molar-refractivity contribution in [1.82, 2.24) is 20.7 Å². The Morgan fingerprint density at radius 2 is 2.12 bits per heavy atom. The number of rotatable bonds is 8. The molecular weight excluding hydrogens is 314 g/mol. The van der Waals surface area contributed by atoms with Gasteiger partial charge in [0.1, 0.15) is 5.76 Å². The molecule has 6 heteroatoms. The molecule has 25 heavy (non-hydrogen) atoms. The Bertz CT molecular complexity index is 531. The molecule has 142 valence electrons. The number of aliphatic imine (C=N–C) groups is 1. The summed E-state index contributed by atoms with van der Waals surface area (Å²) in [5, 5.41) is 11.1. The van der Waals surface area contributed by atoms with Crippen LogP contribution in [0.5, 0.6) is 0 Å². The SMILES string of the molecule is CCc1noc(CC)c1CNC(=NC)NC[C@H]1CCCN1CC(C)C. The Morgan fingerprint density at radius 3 is 2.76 bits per heavy atom. The third-order valence-corrected chi connectivity index (χ3v) is 4.87. The van der Waals surface area contributed by atoms with E-state index in [1.807, 2.05) is 7.05 Å². The summed E-state index contributed by atoms with van der Waals surface area (Å²) in [6.45, 7) is 12.8. The summed E-state index contributed by atoms with van der Waals surface area (Å²) in [6.07, 6.45) is 4.31.